The van der Waals surface area contributed by atoms with Crippen LogP contribution in [0.4, 0.5) is 0 Å². The van der Waals surface area contributed by atoms with Gasteiger partial charge in [-0.05, 0) is 25.5 Å². The second kappa shape index (κ2) is 6.05. The number of fused-ring (bicyclic) bond motifs is 1. The molecule has 5 nitrogen and oxygen atoms in total. The highest BCUT2D eigenvalue weighted by molar-refractivity contribution is 7.20. The van der Waals surface area contributed by atoms with Gasteiger partial charge in [0.25, 0.3) is 5.91 Å². The summed E-state index contributed by atoms with van der Waals surface area (Å²) in [6.45, 7) is 3.37. The van der Waals surface area contributed by atoms with Crippen molar-refractivity contribution in [2.75, 3.05) is 0 Å². The molecule has 2 aromatic heterocycles. The number of rotatable bonds is 5. The molecule has 0 saturated heterocycles. The zero-order valence-corrected chi connectivity index (χ0v) is 12.6. The van der Waals surface area contributed by atoms with E-state index in [0.29, 0.717) is 11.3 Å². The van der Waals surface area contributed by atoms with Gasteiger partial charge in [-0.2, -0.15) is 0 Å². The number of allylic oxidation sites excluding steroid dienone is 1. The van der Waals surface area contributed by atoms with Gasteiger partial charge < -0.3 is 10.4 Å². The Morgan fingerprint density at radius 3 is 2.90 bits per heavy atom. The summed E-state index contributed by atoms with van der Waals surface area (Å²) < 4.78 is 0.941. The Kier molecular flexibility index (Phi) is 4.37. The van der Waals surface area contributed by atoms with Crippen molar-refractivity contribution in [1.82, 2.24) is 10.3 Å². The molecule has 0 radical (unpaired) electrons. The maximum Gasteiger partial charge on any atom is 0.333 e. The highest BCUT2D eigenvalue weighted by Crippen LogP contribution is 2.25. The number of aliphatic carboxylic acids is 1. The topological polar surface area (TPSA) is 79.3 Å². The van der Waals surface area contributed by atoms with Gasteiger partial charge in [0, 0.05) is 22.5 Å². The smallest absolute Gasteiger partial charge is 0.333 e. The molecule has 0 fully saturated rings. The van der Waals surface area contributed by atoms with E-state index >= 15 is 0 Å². The first kappa shape index (κ1) is 15.2. The summed E-state index contributed by atoms with van der Waals surface area (Å²) in [6, 6.07) is 3.54. The van der Waals surface area contributed by atoms with Gasteiger partial charge in [-0.15, -0.1) is 11.3 Å². The third-order valence-electron chi connectivity index (χ3n) is 3.04. The molecule has 0 spiro atoms. The number of nitrogens with zero attached hydrogens (tertiary/aromatic N) is 1. The SMILES string of the molecule is CCC=CC(C)(NC(=O)c1cc2cnccc2s1)C(=O)O. The molecule has 6 heteroatoms. The van der Waals surface area contributed by atoms with Gasteiger partial charge in [0.15, 0.2) is 5.54 Å². The number of amides is 1. The molecule has 0 saturated carbocycles. The van der Waals surface area contributed by atoms with Crippen LogP contribution in [0, 0.1) is 0 Å². The van der Waals surface area contributed by atoms with Crippen LogP contribution in [-0.4, -0.2) is 27.5 Å². The number of carbonyl (C=O) groups is 2. The summed E-state index contributed by atoms with van der Waals surface area (Å²) in [7, 11) is 0. The monoisotopic (exact) mass is 304 g/mol. The maximum atomic E-state index is 12.3. The van der Waals surface area contributed by atoms with Gasteiger partial charge in [-0.1, -0.05) is 19.1 Å². The Morgan fingerprint density at radius 2 is 2.29 bits per heavy atom. The number of carboxylic acids is 1. The predicted molar refractivity (Wildman–Crippen MR) is 82.6 cm³/mol. The number of pyridine rings is 1. The third kappa shape index (κ3) is 3.28. The molecule has 1 amide bonds. The molecule has 1 atom stereocenters. The average Bonchev–Trinajstić information content (AvgIpc) is 2.89. The molecule has 2 rings (SSSR count). The first-order chi connectivity index (χ1) is 9.96. The minimum Gasteiger partial charge on any atom is -0.479 e. The molecule has 21 heavy (non-hydrogen) atoms. The zero-order chi connectivity index (χ0) is 15.5. The Morgan fingerprint density at radius 1 is 1.52 bits per heavy atom. The van der Waals surface area contributed by atoms with Crippen molar-refractivity contribution in [3.63, 3.8) is 0 Å². The molecule has 1 unspecified atom stereocenters. The lowest BCUT2D eigenvalue weighted by atomic mass is 10.0. The van der Waals surface area contributed by atoms with Gasteiger partial charge in [-0.25, -0.2) is 4.79 Å². The van der Waals surface area contributed by atoms with Crippen molar-refractivity contribution in [3.05, 3.63) is 41.6 Å². The van der Waals surface area contributed by atoms with Crippen molar-refractivity contribution >= 4 is 33.3 Å². The van der Waals surface area contributed by atoms with E-state index in [2.05, 4.69) is 10.3 Å². The van der Waals surface area contributed by atoms with Crippen molar-refractivity contribution < 1.29 is 14.7 Å². The van der Waals surface area contributed by atoms with Crippen LogP contribution < -0.4 is 5.32 Å². The van der Waals surface area contributed by atoms with E-state index in [1.54, 1.807) is 24.5 Å². The molecule has 0 bridgehead atoms. The van der Waals surface area contributed by atoms with Crippen LogP contribution in [0.25, 0.3) is 10.1 Å². The largest absolute Gasteiger partial charge is 0.479 e. The number of thiophene rings is 1. The number of hydrogen-bond donors (Lipinski definition) is 2. The van der Waals surface area contributed by atoms with Gasteiger partial charge in [0.2, 0.25) is 0 Å². The summed E-state index contributed by atoms with van der Waals surface area (Å²) in [5.74, 6) is -1.50. The van der Waals surface area contributed by atoms with Crippen LogP contribution in [0.5, 0.6) is 0 Å². The highest BCUT2D eigenvalue weighted by Gasteiger charge is 2.32. The van der Waals surface area contributed by atoms with Crippen molar-refractivity contribution in [3.8, 4) is 0 Å². The molecule has 2 heterocycles. The standard InChI is InChI=1S/C15H16N2O3S/c1-3-4-6-15(2,14(19)20)17-13(18)12-8-10-9-16-7-5-11(10)21-12/h4-9H,3H2,1-2H3,(H,17,18)(H,19,20). The quantitative estimate of drug-likeness (QED) is 0.832. The van der Waals surface area contributed by atoms with E-state index < -0.39 is 17.4 Å². The van der Waals surface area contributed by atoms with E-state index in [1.807, 2.05) is 13.0 Å². The minimum absolute atomic E-state index is 0.401. The second-order valence-corrected chi connectivity index (χ2v) is 5.88. The molecular formula is C15H16N2O3S. The molecular weight excluding hydrogens is 288 g/mol. The highest BCUT2D eigenvalue weighted by atomic mass is 32.1. The molecule has 110 valence electrons. The van der Waals surface area contributed by atoms with E-state index in [0.717, 1.165) is 10.1 Å². The molecule has 0 aliphatic rings. The lowest BCUT2D eigenvalue weighted by Crippen LogP contribution is -2.50. The van der Waals surface area contributed by atoms with Crippen molar-refractivity contribution in [1.29, 1.82) is 0 Å². The summed E-state index contributed by atoms with van der Waals surface area (Å²) >= 11 is 1.31. The van der Waals surface area contributed by atoms with Crippen LogP contribution >= 0.6 is 11.3 Å². The Hall–Kier alpha value is -2.21. The first-order valence-electron chi connectivity index (χ1n) is 6.53. The fourth-order valence-electron chi connectivity index (χ4n) is 1.81. The van der Waals surface area contributed by atoms with Crippen LogP contribution in [-0.2, 0) is 4.79 Å². The third-order valence-corrected chi connectivity index (χ3v) is 4.16. The number of hydrogen-bond acceptors (Lipinski definition) is 4. The van der Waals surface area contributed by atoms with E-state index in [9.17, 15) is 14.7 Å². The summed E-state index contributed by atoms with van der Waals surface area (Å²) in [6.07, 6.45) is 7.26. The van der Waals surface area contributed by atoms with Crippen LogP contribution in [0.1, 0.15) is 29.9 Å². The Labute approximate surface area is 126 Å². The van der Waals surface area contributed by atoms with Gasteiger partial charge in [0.05, 0.1) is 4.88 Å². The Bertz CT molecular complexity index is 675. The summed E-state index contributed by atoms with van der Waals surface area (Å²) in [5, 5.41) is 12.8. The van der Waals surface area contributed by atoms with E-state index in [-0.39, 0.29) is 0 Å². The fraction of sp³-hybridized carbons (Fsp3) is 0.267. The minimum atomic E-state index is -1.42. The van der Waals surface area contributed by atoms with Crippen molar-refractivity contribution in [2.45, 2.75) is 25.8 Å². The van der Waals surface area contributed by atoms with Gasteiger partial charge in [-0.3, -0.25) is 9.78 Å². The molecule has 2 aromatic rings. The molecule has 0 aliphatic carbocycles. The van der Waals surface area contributed by atoms with E-state index in [1.165, 1.54) is 24.3 Å². The first-order valence-corrected chi connectivity index (χ1v) is 7.35. The lowest BCUT2D eigenvalue weighted by Gasteiger charge is -2.22. The number of carboxylic acid groups (broad SMARTS) is 1. The maximum absolute atomic E-state index is 12.3. The number of nitrogens with one attached hydrogen (secondary N) is 1. The van der Waals surface area contributed by atoms with Gasteiger partial charge >= 0.3 is 5.97 Å². The lowest BCUT2D eigenvalue weighted by molar-refractivity contribution is -0.141. The summed E-state index contributed by atoms with van der Waals surface area (Å²) in [4.78, 5) is 28.1. The van der Waals surface area contributed by atoms with Crippen molar-refractivity contribution in [2.24, 2.45) is 0 Å². The van der Waals surface area contributed by atoms with E-state index in [4.69, 9.17) is 0 Å². The zero-order valence-electron chi connectivity index (χ0n) is 11.8. The van der Waals surface area contributed by atoms with Gasteiger partial charge in [0.1, 0.15) is 0 Å². The average molecular weight is 304 g/mol. The Balaban J connectivity index is 2.26. The number of aromatic nitrogens is 1. The normalized spacial score (nSPS) is 14.2. The molecule has 2 N–H and O–H groups in total. The van der Waals surface area contributed by atoms with Crippen LogP contribution in [0.2, 0.25) is 0 Å². The fourth-order valence-corrected chi connectivity index (χ4v) is 2.74. The second-order valence-electron chi connectivity index (χ2n) is 4.80. The van der Waals surface area contributed by atoms with Crippen LogP contribution in [0.3, 0.4) is 0 Å². The van der Waals surface area contributed by atoms with Crippen LogP contribution in [0.15, 0.2) is 36.7 Å². The predicted octanol–water partition coefficient (Wildman–Crippen LogP) is 2.84. The summed E-state index contributed by atoms with van der Waals surface area (Å²) in [5.41, 5.74) is -1.42. The molecule has 0 aromatic carbocycles. The number of carbonyl (C=O) groups excluding carboxylic acids is 1. The molecule has 0 aliphatic heterocycles.